The Balaban J connectivity index is 1.92. The van der Waals surface area contributed by atoms with Gasteiger partial charge >= 0.3 is 18.3 Å². The van der Waals surface area contributed by atoms with Gasteiger partial charge in [0.2, 0.25) is 12.4 Å². The van der Waals surface area contributed by atoms with Gasteiger partial charge in [0.25, 0.3) is 5.09 Å². The summed E-state index contributed by atoms with van der Waals surface area (Å²) in [6, 6.07) is 2.74. The molecule has 188 valence electrons. The lowest BCUT2D eigenvalue weighted by atomic mass is 9.99. The molecule has 1 aromatic rings. The van der Waals surface area contributed by atoms with Gasteiger partial charge in [0, 0.05) is 17.5 Å². The van der Waals surface area contributed by atoms with E-state index in [0.717, 1.165) is 13.0 Å². The minimum absolute atomic E-state index is 0.0803. The van der Waals surface area contributed by atoms with Crippen LogP contribution >= 0.6 is 11.6 Å². The predicted molar refractivity (Wildman–Crippen MR) is 106 cm³/mol. The Labute approximate surface area is 195 Å². The number of alkyl halides is 3. The van der Waals surface area contributed by atoms with Crippen molar-refractivity contribution in [2.45, 2.75) is 32.4 Å². The van der Waals surface area contributed by atoms with E-state index in [2.05, 4.69) is 14.3 Å². The molecule has 34 heavy (non-hydrogen) atoms. The maximum atomic E-state index is 13.5. The maximum absolute atomic E-state index is 13.5. The van der Waals surface area contributed by atoms with E-state index >= 15 is 0 Å². The van der Waals surface area contributed by atoms with Crippen molar-refractivity contribution in [1.29, 1.82) is 0 Å². The topological polar surface area (TPSA) is 133 Å². The molecule has 0 aromatic heterocycles. The fourth-order valence-corrected chi connectivity index (χ4v) is 3.01. The van der Waals surface area contributed by atoms with Gasteiger partial charge in [-0.25, -0.2) is 9.59 Å². The second kappa shape index (κ2) is 11.7. The van der Waals surface area contributed by atoms with Crippen molar-refractivity contribution in [3.8, 4) is 5.75 Å². The molecule has 0 bridgehead atoms. The largest absolute Gasteiger partial charge is 0.511 e. The van der Waals surface area contributed by atoms with Crippen LogP contribution in [0.4, 0.5) is 18.0 Å². The van der Waals surface area contributed by atoms with Gasteiger partial charge in [-0.15, -0.1) is 10.1 Å². The van der Waals surface area contributed by atoms with Crippen molar-refractivity contribution in [1.82, 2.24) is 0 Å². The van der Waals surface area contributed by atoms with E-state index in [1.165, 1.54) is 19.1 Å². The summed E-state index contributed by atoms with van der Waals surface area (Å²) in [5.74, 6) is -1.51. The first kappa shape index (κ1) is 27.0. The molecule has 0 saturated carbocycles. The number of carbonyl (C=O) groups is 2. The van der Waals surface area contributed by atoms with E-state index in [1.54, 1.807) is 0 Å². The maximum Gasteiger partial charge on any atom is 0.511 e. The molecule has 1 heterocycles. The molecule has 0 fully saturated rings. The van der Waals surface area contributed by atoms with Crippen LogP contribution in [0, 0.1) is 17.0 Å². The van der Waals surface area contributed by atoms with Crippen molar-refractivity contribution in [3.63, 3.8) is 0 Å². The second-order valence-corrected chi connectivity index (χ2v) is 7.08. The quantitative estimate of drug-likeness (QED) is 0.150. The number of nitrogens with zero attached hydrogens (tertiary/aromatic N) is 1. The molecule has 1 aliphatic heterocycles. The molecule has 0 aliphatic carbocycles. The Bertz CT molecular complexity index is 953. The van der Waals surface area contributed by atoms with Crippen LogP contribution in [0.15, 0.2) is 17.7 Å². The summed E-state index contributed by atoms with van der Waals surface area (Å²) in [5.41, 5.74) is -0.376. The van der Waals surface area contributed by atoms with Gasteiger partial charge < -0.3 is 28.5 Å². The molecule has 0 spiro atoms. The highest BCUT2D eigenvalue weighted by Gasteiger charge is 2.49. The number of benzene rings is 1. The first-order valence-electron chi connectivity index (χ1n) is 9.53. The van der Waals surface area contributed by atoms with Gasteiger partial charge in [0.05, 0.1) is 18.8 Å². The third-order valence-corrected chi connectivity index (χ3v) is 4.26. The first-order chi connectivity index (χ1) is 15.9. The standard InChI is InChI=1S/C19H19ClF3NO10/c1-10-7-13(20)8-12-9-14(16(19(21,22)23)34-15(10)12)17(25)32-11(2)33-18(26)30-5-3-29-4-6-31-24(27)28/h7-9,11,16H,3-6H2,1-2H3/t11?,16-/m0/s1. The summed E-state index contributed by atoms with van der Waals surface area (Å²) in [6.07, 6.45) is -9.50. The van der Waals surface area contributed by atoms with Crippen molar-refractivity contribution in [2.75, 3.05) is 26.4 Å². The van der Waals surface area contributed by atoms with Gasteiger partial charge in [-0.3, -0.25) is 0 Å². The molecule has 0 N–H and O–H groups in total. The normalized spacial score (nSPS) is 15.8. The Morgan fingerprint density at radius 1 is 1.21 bits per heavy atom. The molecule has 0 amide bonds. The lowest BCUT2D eigenvalue weighted by Gasteiger charge is -2.29. The molecule has 1 aliphatic rings. The molecular formula is C19H19ClF3NO10. The molecule has 1 unspecified atom stereocenters. The number of ether oxygens (including phenoxy) is 5. The highest BCUT2D eigenvalue weighted by molar-refractivity contribution is 6.30. The lowest BCUT2D eigenvalue weighted by molar-refractivity contribution is -0.758. The summed E-state index contributed by atoms with van der Waals surface area (Å²) in [4.78, 5) is 38.0. The minimum atomic E-state index is -4.94. The number of fused-ring (bicyclic) bond motifs is 1. The van der Waals surface area contributed by atoms with E-state index in [9.17, 15) is 32.9 Å². The number of aryl methyl sites for hydroxylation is 1. The molecule has 2 atom stereocenters. The zero-order valence-electron chi connectivity index (χ0n) is 17.8. The Kier molecular flexibility index (Phi) is 9.32. The number of esters is 1. The van der Waals surface area contributed by atoms with Gasteiger partial charge in [-0.2, -0.15) is 13.2 Å². The van der Waals surface area contributed by atoms with Crippen LogP contribution in [-0.4, -0.2) is 62.2 Å². The van der Waals surface area contributed by atoms with Crippen molar-refractivity contribution in [2.24, 2.45) is 0 Å². The average molecular weight is 514 g/mol. The van der Waals surface area contributed by atoms with E-state index < -0.39 is 41.4 Å². The molecular weight excluding hydrogens is 495 g/mol. The van der Waals surface area contributed by atoms with E-state index in [0.29, 0.717) is 5.56 Å². The average Bonchev–Trinajstić information content (AvgIpc) is 2.70. The van der Waals surface area contributed by atoms with E-state index in [4.69, 9.17) is 25.8 Å². The Hall–Kier alpha value is -3.26. The van der Waals surface area contributed by atoms with E-state index in [-0.39, 0.29) is 42.8 Å². The van der Waals surface area contributed by atoms with Crippen molar-refractivity contribution < 1.29 is 56.4 Å². The van der Waals surface area contributed by atoms with Crippen LogP contribution in [0.1, 0.15) is 18.1 Å². The zero-order valence-corrected chi connectivity index (χ0v) is 18.5. The SMILES string of the molecule is Cc1cc(Cl)cc2c1O[C@H](C(F)(F)F)C(C(=O)OC(C)OC(=O)OCCOCCO[N+](=O)[O-])=C2. The molecule has 0 radical (unpaired) electrons. The predicted octanol–water partition coefficient (Wildman–Crippen LogP) is 3.62. The van der Waals surface area contributed by atoms with Crippen molar-refractivity contribution >= 4 is 29.8 Å². The number of hydrogen-bond acceptors (Lipinski definition) is 10. The highest BCUT2D eigenvalue weighted by Crippen LogP contribution is 2.40. The van der Waals surface area contributed by atoms with Crippen LogP contribution in [0.5, 0.6) is 5.75 Å². The van der Waals surface area contributed by atoms with Gasteiger partial charge in [0.15, 0.2) is 0 Å². The van der Waals surface area contributed by atoms with Crippen LogP contribution in [0.3, 0.4) is 0 Å². The number of halogens is 4. The number of rotatable bonds is 10. The summed E-state index contributed by atoms with van der Waals surface area (Å²) >= 11 is 5.93. The fraction of sp³-hybridized carbons (Fsp3) is 0.474. The van der Waals surface area contributed by atoms with Gasteiger partial charge in [-0.1, -0.05) is 11.6 Å². The summed E-state index contributed by atoms with van der Waals surface area (Å²) in [6.45, 7) is 1.67. The van der Waals surface area contributed by atoms with E-state index in [1.807, 2.05) is 0 Å². The molecule has 1 aromatic carbocycles. The monoisotopic (exact) mass is 513 g/mol. The van der Waals surface area contributed by atoms with Crippen LogP contribution in [-0.2, 0) is 28.6 Å². The fourth-order valence-electron chi connectivity index (χ4n) is 2.73. The lowest BCUT2D eigenvalue weighted by Crippen LogP contribution is -2.41. The molecule has 11 nitrogen and oxygen atoms in total. The molecule has 15 heteroatoms. The van der Waals surface area contributed by atoms with Crippen LogP contribution in [0.2, 0.25) is 5.02 Å². The smallest absolute Gasteiger partial charge is 0.475 e. The number of carbonyl (C=O) groups excluding carboxylic acids is 2. The summed E-state index contributed by atoms with van der Waals surface area (Å²) in [5, 5.41) is 9.17. The Morgan fingerprint density at radius 3 is 2.53 bits per heavy atom. The van der Waals surface area contributed by atoms with Gasteiger partial charge in [0.1, 0.15) is 19.0 Å². The third-order valence-electron chi connectivity index (χ3n) is 4.04. The molecule has 2 rings (SSSR count). The molecule has 0 saturated heterocycles. The van der Waals surface area contributed by atoms with Gasteiger partial charge in [-0.05, 0) is 30.7 Å². The highest BCUT2D eigenvalue weighted by atomic mass is 35.5. The summed E-state index contributed by atoms with van der Waals surface area (Å²) < 4.78 is 64.6. The van der Waals surface area contributed by atoms with Crippen LogP contribution in [0.25, 0.3) is 6.08 Å². The minimum Gasteiger partial charge on any atom is -0.475 e. The third kappa shape index (κ3) is 7.95. The second-order valence-electron chi connectivity index (χ2n) is 6.64. The van der Waals surface area contributed by atoms with Crippen LogP contribution < -0.4 is 4.74 Å². The first-order valence-corrected chi connectivity index (χ1v) is 9.90. The summed E-state index contributed by atoms with van der Waals surface area (Å²) in [7, 11) is 0. The van der Waals surface area contributed by atoms with Crippen molar-refractivity contribution in [3.05, 3.63) is 44.0 Å². The number of hydrogen-bond donors (Lipinski definition) is 0. The zero-order chi connectivity index (χ0) is 25.5. The Morgan fingerprint density at radius 2 is 1.88 bits per heavy atom.